The monoisotopic (exact) mass is 373 g/mol. The van der Waals surface area contributed by atoms with Crippen LogP contribution in [0.4, 0.5) is 0 Å². The molecule has 0 fully saturated rings. The minimum absolute atomic E-state index is 0.0276. The van der Waals surface area contributed by atoms with Gasteiger partial charge in [-0.3, -0.25) is 4.79 Å². The molecule has 0 spiro atoms. The first-order chi connectivity index (χ1) is 13.7. The highest BCUT2D eigenvalue weighted by Gasteiger charge is 2.16. The van der Waals surface area contributed by atoms with Gasteiger partial charge in [0.15, 0.2) is 6.61 Å². The Hall–Kier alpha value is -2.81. The molecule has 1 atom stereocenters. The quantitative estimate of drug-likeness (QED) is 0.631. The third-order valence-corrected chi connectivity index (χ3v) is 5.61. The van der Waals surface area contributed by atoms with Crippen LogP contribution in [0, 0.1) is 0 Å². The fourth-order valence-electron chi connectivity index (χ4n) is 4.03. The van der Waals surface area contributed by atoms with Gasteiger partial charge in [0, 0.05) is 0 Å². The maximum Gasteiger partial charge on any atom is 0.258 e. The van der Waals surface area contributed by atoms with Gasteiger partial charge in [0.05, 0.1) is 6.04 Å². The molecule has 3 aromatic rings. The first kappa shape index (κ1) is 18.5. The number of nitrogens with one attached hydrogen (secondary N) is 1. The molecule has 1 amide bonds. The fourth-order valence-corrected chi connectivity index (χ4v) is 4.03. The molecule has 0 aliphatic heterocycles. The predicted octanol–water partition coefficient (Wildman–Crippen LogP) is 5.36. The Balaban J connectivity index is 1.38. The number of aryl methyl sites for hydroxylation is 2. The van der Waals surface area contributed by atoms with Crippen LogP contribution < -0.4 is 10.1 Å². The number of amides is 1. The molecule has 0 heterocycles. The van der Waals surface area contributed by atoms with Crippen molar-refractivity contribution in [1.82, 2.24) is 5.32 Å². The van der Waals surface area contributed by atoms with Gasteiger partial charge in [0.25, 0.3) is 5.91 Å². The summed E-state index contributed by atoms with van der Waals surface area (Å²) in [7, 11) is 0. The lowest BCUT2D eigenvalue weighted by Crippen LogP contribution is -2.32. The van der Waals surface area contributed by atoms with Crippen LogP contribution in [-0.4, -0.2) is 12.5 Å². The normalized spacial score (nSPS) is 14.3. The standard InChI is InChI=1S/C25H27NO2/c1-2-24(22-12-11-18-7-3-5-9-20(18)15-22)26-25(27)17-28-23-14-13-19-8-4-6-10-21(19)16-23/h4,6,8,10-16,24H,2-3,5,7,9,17H2,1H3,(H,26,27)/t24-/m0/s1. The van der Waals surface area contributed by atoms with E-state index in [1.807, 2.05) is 36.4 Å². The molecule has 0 saturated carbocycles. The minimum atomic E-state index is -0.0854. The zero-order valence-corrected chi connectivity index (χ0v) is 16.4. The highest BCUT2D eigenvalue weighted by molar-refractivity contribution is 5.84. The number of benzene rings is 3. The van der Waals surface area contributed by atoms with E-state index in [9.17, 15) is 4.79 Å². The summed E-state index contributed by atoms with van der Waals surface area (Å²) in [5.41, 5.74) is 4.11. The molecular weight excluding hydrogens is 346 g/mol. The molecule has 144 valence electrons. The molecule has 4 rings (SSSR count). The van der Waals surface area contributed by atoms with Crippen LogP contribution in [0.5, 0.6) is 5.75 Å². The van der Waals surface area contributed by atoms with Crippen LogP contribution in [0.2, 0.25) is 0 Å². The number of ether oxygens (including phenoxy) is 1. The smallest absolute Gasteiger partial charge is 0.258 e. The molecular formula is C25H27NO2. The molecule has 1 aliphatic carbocycles. The first-order valence-corrected chi connectivity index (χ1v) is 10.3. The van der Waals surface area contributed by atoms with Gasteiger partial charge < -0.3 is 10.1 Å². The summed E-state index contributed by atoms with van der Waals surface area (Å²) >= 11 is 0. The second kappa shape index (κ2) is 8.47. The number of hydrogen-bond acceptors (Lipinski definition) is 2. The third kappa shape index (κ3) is 4.19. The second-order valence-electron chi connectivity index (χ2n) is 7.56. The largest absolute Gasteiger partial charge is 0.484 e. The first-order valence-electron chi connectivity index (χ1n) is 10.3. The summed E-state index contributed by atoms with van der Waals surface area (Å²) in [6.07, 6.45) is 5.74. The molecule has 1 N–H and O–H groups in total. The summed E-state index contributed by atoms with van der Waals surface area (Å²) in [6, 6.07) is 20.8. The Morgan fingerprint density at radius 2 is 1.75 bits per heavy atom. The molecule has 3 aromatic carbocycles. The van der Waals surface area contributed by atoms with Crippen molar-refractivity contribution in [3.8, 4) is 5.75 Å². The van der Waals surface area contributed by atoms with E-state index in [0.717, 1.165) is 29.4 Å². The van der Waals surface area contributed by atoms with E-state index in [0.29, 0.717) is 0 Å². The number of fused-ring (bicyclic) bond motifs is 2. The second-order valence-corrected chi connectivity index (χ2v) is 7.56. The topological polar surface area (TPSA) is 38.3 Å². The van der Waals surface area contributed by atoms with E-state index in [2.05, 4.69) is 36.5 Å². The molecule has 0 radical (unpaired) electrons. The SMILES string of the molecule is CC[C@H](NC(=O)COc1ccc2ccccc2c1)c1ccc2c(c1)CCCC2. The van der Waals surface area contributed by atoms with Crippen molar-refractivity contribution in [1.29, 1.82) is 0 Å². The third-order valence-electron chi connectivity index (χ3n) is 5.61. The summed E-state index contributed by atoms with van der Waals surface area (Å²) in [4.78, 5) is 12.5. The Morgan fingerprint density at radius 1 is 0.964 bits per heavy atom. The predicted molar refractivity (Wildman–Crippen MR) is 114 cm³/mol. The maximum absolute atomic E-state index is 12.5. The van der Waals surface area contributed by atoms with Crippen LogP contribution in [0.3, 0.4) is 0 Å². The molecule has 0 aromatic heterocycles. The zero-order valence-electron chi connectivity index (χ0n) is 16.4. The lowest BCUT2D eigenvalue weighted by Gasteiger charge is -2.22. The number of hydrogen-bond donors (Lipinski definition) is 1. The van der Waals surface area contributed by atoms with Gasteiger partial charge in [-0.05, 0) is 71.7 Å². The number of rotatable bonds is 6. The summed E-state index contributed by atoms with van der Waals surface area (Å²) in [6.45, 7) is 2.13. The Bertz CT molecular complexity index is 979. The lowest BCUT2D eigenvalue weighted by molar-refractivity contribution is -0.123. The van der Waals surface area contributed by atoms with Gasteiger partial charge in [-0.25, -0.2) is 0 Å². The highest BCUT2D eigenvalue weighted by atomic mass is 16.5. The van der Waals surface area contributed by atoms with Crippen molar-refractivity contribution >= 4 is 16.7 Å². The summed E-state index contributed by atoms with van der Waals surface area (Å²) < 4.78 is 5.74. The Kier molecular flexibility index (Phi) is 5.61. The van der Waals surface area contributed by atoms with Crippen molar-refractivity contribution in [2.24, 2.45) is 0 Å². The fraction of sp³-hybridized carbons (Fsp3) is 0.320. The van der Waals surface area contributed by atoms with Gasteiger partial charge >= 0.3 is 0 Å². The average molecular weight is 373 g/mol. The summed E-state index contributed by atoms with van der Waals surface area (Å²) in [5, 5.41) is 5.41. The zero-order chi connectivity index (χ0) is 19.3. The molecule has 1 aliphatic rings. The van der Waals surface area contributed by atoms with Crippen LogP contribution >= 0.6 is 0 Å². The lowest BCUT2D eigenvalue weighted by atomic mass is 9.89. The average Bonchev–Trinajstić information content (AvgIpc) is 2.75. The van der Waals surface area contributed by atoms with Crippen molar-refractivity contribution < 1.29 is 9.53 Å². The van der Waals surface area contributed by atoms with Gasteiger partial charge in [-0.15, -0.1) is 0 Å². The van der Waals surface area contributed by atoms with Crippen molar-refractivity contribution in [3.05, 3.63) is 77.4 Å². The maximum atomic E-state index is 12.5. The highest BCUT2D eigenvalue weighted by Crippen LogP contribution is 2.26. The molecule has 0 bridgehead atoms. The van der Waals surface area contributed by atoms with Gasteiger partial charge in [0.2, 0.25) is 0 Å². The van der Waals surface area contributed by atoms with Gasteiger partial charge in [0.1, 0.15) is 5.75 Å². The van der Waals surface area contributed by atoms with E-state index in [1.54, 1.807) is 0 Å². The van der Waals surface area contributed by atoms with E-state index in [4.69, 9.17) is 4.74 Å². The van der Waals surface area contributed by atoms with Gasteiger partial charge in [-0.1, -0.05) is 55.5 Å². The summed E-state index contributed by atoms with van der Waals surface area (Å²) in [5.74, 6) is 0.633. The Morgan fingerprint density at radius 3 is 2.57 bits per heavy atom. The molecule has 0 saturated heterocycles. The Labute approximate surface area is 166 Å². The van der Waals surface area contributed by atoms with E-state index in [1.165, 1.54) is 36.0 Å². The van der Waals surface area contributed by atoms with E-state index < -0.39 is 0 Å². The number of carbonyl (C=O) groups excluding carboxylic acids is 1. The van der Waals surface area contributed by atoms with Crippen molar-refractivity contribution in [2.75, 3.05) is 6.61 Å². The van der Waals surface area contributed by atoms with E-state index in [-0.39, 0.29) is 18.6 Å². The minimum Gasteiger partial charge on any atom is -0.484 e. The molecule has 3 nitrogen and oxygen atoms in total. The van der Waals surface area contributed by atoms with E-state index >= 15 is 0 Å². The van der Waals surface area contributed by atoms with Crippen molar-refractivity contribution in [2.45, 2.75) is 45.1 Å². The number of carbonyl (C=O) groups is 1. The van der Waals surface area contributed by atoms with Crippen LogP contribution in [0.1, 0.15) is 48.9 Å². The van der Waals surface area contributed by atoms with Crippen LogP contribution in [-0.2, 0) is 17.6 Å². The van der Waals surface area contributed by atoms with Crippen molar-refractivity contribution in [3.63, 3.8) is 0 Å². The van der Waals surface area contributed by atoms with Gasteiger partial charge in [-0.2, -0.15) is 0 Å². The molecule has 3 heteroatoms. The molecule has 28 heavy (non-hydrogen) atoms. The molecule has 0 unspecified atom stereocenters. The van der Waals surface area contributed by atoms with Crippen LogP contribution in [0.15, 0.2) is 60.7 Å². The van der Waals surface area contributed by atoms with Crippen LogP contribution in [0.25, 0.3) is 10.8 Å².